The molecule has 0 saturated heterocycles. The number of hydrogen-bond acceptors (Lipinski definition) is 3. The average Bonchev–Trinajstić information content (AvgIpc) is 2.64. The Kier molecular flexibility index (Phi) is 6.54. The highest BCUT2D eigenvalue weighted by Crippen LogP contribution is 2.12. The summed E-state index contributed by atoms with van der Waals surface area (Å²) in [5.41, 5.74) is 7.17. The lowest BCUT2D eigenvalue weighted by atomic mass is 10.1. The molecule has 2 aromatic carbocycles. The molecule has 0 unspecified atom stereocenters. The minimum atomic E-state index is -0.417. The summed E-state index contributed by atoms with van der Waals surface area (Å²) in [6.45, 7) is 5.96. The number of rotatable bonds is 6. The molecule has 0 aliphatic rings. The molecule has 0 aromatic heterocycles. The Morgan fingerprint density at radius 3 is 2.36 bits per heavy atom. The van der Waals surface area contributed by atoms with Gasteiger partial charge in [-0.1, -0.05) is 42.5 Å². The van der Waals surface area contributed by atoms with Gasteiger partial charge in [0.2, 0.25) is 0 Å². The van der Waals surface area contributed by atoms with Crippen LogP contribution in [0.3, 0.4) is 0 Å². The molecule has 25 heavy (non-hydrogen) atoms. The lowest BCUT2D eigenvalue weighted by Crippen LogP contribution is -2.40. The second kappa shape index (κ2) is 9.08. The van der Waals surface area contributed by atoms with Gasteiger partial charge in [-0.05, 0) is 42.8 Å². The third-order valence-electron chi connectivity index (χ3n) is 3.29. The lowest BCUT2D eigenvalue weighted by Gasteiger charge is -2.07. The second-order valence-corrected chi connectivity index (χ2v) is 5.31. The summed E-state index contributed by atoms with van der Waals surface area (Å²) < 4.78 is 5.34. The highest BCUT2D eigenvalue weighted by Gasteiger charge is 2.06. The molecule has 0 spiro atoms. The van der Waals surface area contributed by atoms with Gasteiger partial charge in [0, 0.05) is 11.6 Å². The molecular formula is C20H20N2O3. The van der Waals surface area contributed by atoms with Gasteiger partial charge < -0.3 is 4.74 Å². The van der Waals surface area contributed by atoms with Crippen molar-refractivity contribution >= 4 is 17.9 Å². The zero-order valence-electron chi connectivity index (χ0n) is 14.0. The first-order chi connectivity index (χ1) is 12.1. The maximum absolute atomic E-state index is 12.0. The normalized spacial score (nSPS) is 10.3. The zero-order valence-corrected chi connectivity index (χ0v) is 14.0. The van der Waals surface area contributed by atoms with Crippen LogP contribution in [-0.4, -0.2) is 18.4 Å². The molecule has 0 radical (unpaired) electrons. The van der Waals surface area contributed by atoms with Crippen LogP contribution >= 0.6 is 0 Å². The molecule has 2 amide bonds. The fraction of sp³-hybridized carbons (Fsp3) is 0.100. The topological polar surface area (TPSA) is 67.4 Å². The molecular weight excluding hydrogens is 316 g/mol. The van der Waals surface area contributed by atoms with Gasteiger partial charge in [0.1, 0.15) is 12.4 Å². The Labute approximate surface area is 147 Å². The van der Waals surface area contributed by atoms with Crippen LogP contribution in [0.15, 0.2) is 67.3 Å². The molecule has 128 valence electrons. The number of hydrogen-bond donors (Lipinski definition) is 2. The number of benzene rings is 2. The van der Waals surface area contributed by atoms with Crippen molar-refractivity contribution in [3.8, 4) is 5.75 Å². The van der Waals surface area contributed by atoms with Crippen molar-refractivity contribution in [1.29, 1.82) is 0 Å². The van der Waals surface area contributed by atoms with E-state index in [4.69, 9.17) is 4.74 Å². The van der Waals surface area contributed by atoms with E-state index in [2.05, 4.69) is 17.4 Å². The molecule has 0 atom stereocenters. The van der Waals surface area contributed by atoms with Crippen molar-refractivity contribution in [2.45, 2.75) is 6.92 Å². The van der Waals surface area contributed by atoms with Crippen LogP contribution < -0.4 is 15.6 Å². The second-order valence-electron chi connectivity index (χ2n) is 5.31. The van der Waals surface area contributed by atoms with E-state index in [1.54, 1.807) is 36.4 Å². The Morgan fingerprint density at radius 2 is 1.72 bits per heavy atom. The van der Waals surface area contributed by atoms with Gasteiger partial charge in [0.05, 0.1) is 0 Å². The fourth-order valence-electron chi connectivity index (χ4n) is 1.94. The predicted molar refractivity (Wildman–Crippen MR) is 98.0 cm³/mol. The lowest BCUT2D eigenvalue weighted by molar-refractivity contribution is -0.117. The molecule has 0 aliphatic heterocycles. The van der Waals surface area contributed by atoms with Gasteiger partial charge >= 0.3 is 0 Å². The summed E-state index contributed by atoms with van der Waals surface area (Å²) in [7, 11) is 0. The molecule has 5 nitrogen and oxygen atoms in total. The number of amides is 2. The number of nitrogens with one attached hydrogen (secondary N) is 2. The molecule has 2 rings (SSSR count). The number of carbonyl (C=O) groups excluding carboxylic acids is 2. The maximum atomic E-state index is 12.0. The van der Waals surface area contributed by atoms with Crippen molar-refractivity contribution in [3.63, 3.8) is 0 Å². The molecule has 2 aromatic rings. The van der Waals surface area contributed by atoms with Crippen LogP contribution in [0.2, 0.25) is 0 Å². The van der Waals surface area contributed by atoms with Gasteiger partial charge in [0.25, 0.3) is 11.8 Å². The first-order valence-corrected chi connectivity index (χ1v) is 7.77. The van der Waals surface area contributed by atoms with Crippen LogP contribution in [0.25, 0.3) is 6.08 Å². The van der Waals surface area contributed by atoms with E-state index in [1.165, 1.54) is 6.08 Å². The number of ether oxygens (including phenoxy) is 1. The minimum Gasteiger partial charge on any atom is -0.490 e. The molecule has 0 heterocycles. The predicted octanol–water partition coefficient (Wildman–Crippen LogP) is 3.03. The third-order valence-corrected chi connectivity index (χ3v) is 3.29. The molecule has 0 saturated carbocycles. The maximum Gasteiger partial charge on any atom is 0.269 e. The number of carbonyl (C=O) groups is 2. The smallest absolute Gasteiger partial charge is 0.269 e. The van der Waals surface area contributed by atoms with Gasteiger partial charge in [-0.25, -0.2) is 0 Å². The third kappa shape index (κ3) is 5.99. The van der Waals surface area contributed by atoms with Crippen molar-refractivity contribution in [2.75, 3.05) is 6.61 Å². The number of aryl methyl sites for hydroxylation is 1. The largest absolute Gasteiger partial charge is 0.490 e. The van der Waals surface area contributed by atoms with E-state index < -0.39 is 11.8 Å². The number of hydrazine groups is 1. The molecule has 0 fully saturated rings. The Balaban J connectivity index is 1.83. The molecule has 0 aliphatic carbocycles. The quantitative estimate of drug-likeness (QED) is 0.484. The summed E-state index contributed by atoms with van der Waals surface area (Å²) in [6, 6.07) is 14.3. The summed E-state index contributed by atoms with van der Waals surface area (Å²) in [4.78, 5) is 23.7. The Bertz CT molecular complexity index is 763. The van der Waals surface area contributed by atoms with E-state index in [-0.39, 0.29) is 0 Å². The van der Waals surface area contributed by atoms with Crippen LogP contribution in [0.4, 0.5) is 0 Å². The summed E-state index contributed by atoms with van der Waals surface area (Å²) in [6.07, 6.45) is 4.67. The SMILES string of the molecule is C=CCOc1ccc(C(=O)NNC(=O)/C=C/c2ccc(C)cc2)cc1. The van der Waals surface area contributed by atoms with Gasteiger partial charge in [0.15, 0.2) is 0 Å². The van der Waals surface area contributed by atoms with E-state index in [1.807, 2.05) is 31.2 Å². The van der Waals surface area contributed by atoms with Crippen LogP contribution in [0.1, 0.15) is 21.5 Å². The standard InChI is InChI=1S/C20H20N2O3/c1-3-14-25-18-11-9-17(10-12-18)20(24)22-21-19(23)13-8-16-6-4-15(2)5-7-16/h3-13H,1,14H2,2H3,(H,21,23)(H,22,24)/b13-8+. The van der Waals surface area contributed by atoms with Crippen molar-refractivity contribution in [2.24, 2.45) is 0 Å². The van der Waals surface area contributed by atoms with Crippen molar-refractivity contribution in [3.05, 3.63) is 84.0 Å². The molecule has 2 N–H and O–H groups in total. The van der Waals surface area contributed by atoms with Gasteiger partial charge in [-0.2, -0.15) is 0 Å². The summed E-state index contributed by atoms with van der Waals surface area (Å²) in [5.74, 6) is -0.186. The van der Waals surface area contributed by atoms with Crippen LogP contribution in [-0.2, 0) is 4.79 Å². The van der Waals surface area contributed by atoms with Crippen molar-refractivity contribution < 1.29 is 14.3 Å². The van der Waals surface area contributed by atoms with E-state index >= 15 is 0 Å². The minimum absolute atomic E-state index is 0.398. The van der Waals surface area contributed by atoms with E-state index in [0.717, 1.165) is 11.1 Å². The summed E-state index contributed by atoms with van der Waals surface area (Å²) in [5, 5.41) is 0. The van der Waals surface area contributed by atoms with Crippen molar-refractivity contribution in [1.82, 2.24) is 10.9 Å². The highest BCUT2D eigenvalue weighted by molar-refractivity contribution is 5.97. The first-order valence-electron chi connectivity index (χ1n) is 7.77. The Hall–Kier alpha value is -3.34. The highest BCUT2D eigenvalue weighted by atomic mass is 16.5. The van der Waals surface area contributed by atoms with Crippen LogP contribution in [0, 0.1) is 6.92 Å². The van der Waals surface area contributed by atoms with Gasteiger partial charge in [-0.3, -0.25) is 20.4 Å². The first kappa shape index (κ1) is 18.0. The summed E-state index contributed by atoms with van der Waals surface area (Å²) >= 11 is 0. The average molecular weight is 336 g/mol. The molecule has 0 bridgehead atoms. The van der Waals surface area contributed by atoms with E-state index in [9.17, 15) is 9.59 Å². The van der Waals surface area contributed by atoms with E-state index in [0.29, 0.717) is 17.9 Å². The zero-order chi connectivity index (χ0) is 18.1. The van der Waals surface area contributed by atoms with Gasteiger partial charge in [-0.15, -0.1) is 0 Å². The molecule has 5 heteroatoms. The fourth-order valence-corrected chi connectivity index (χ4v) is 1.94. The van der Waals surface area contributed by atoms with Crippen LogP contribution in [0.5, 0.6) is 5.75 Å². The monoisotopic (exact) mass is 336 g/mol. The Morgan fingerprint density at radius 1 is 1.04 bits per heavy atom.